The number of nitrogens with one attached hydrogen (secondary N) is 1. The van der Waals surface area contributed by atoms with Crippen molar-refractivity contribution in [1.29, 1.82) is 0 Å². The fourth-order valence-electron chi connectivity index (χ4n) is 3.29. The minimum Gasteiger partial charge on any atom is -0.481 e. The normalized spacial score (nSPS) is 21.4. The molecule has 3 nitrogen and oxygen atoms in total. The molecule has 96 valence electrons. The van der Waals surface area contributed by atoms with Gasteiger partial charge in [0, 0.05) is 6.04 Å². The molecule has 1 atom stereocenters. The zero-order valence-electron chi connectivity index (χ0n) is 10.7. The smallest absolute Gasteiger partial charge is 0.311 e. The SMILES string of the molecule is CNC(c1ccc2c(c1)CCC2)C1(C(=O)O)CC1. The number of hydrogen-bond acceptors (Lipinski definition) is 2. The van der Waals surface area contributed by atoms with Gasteiger partial charge in [0.25, 0.3) is 0 Å². The van der Waals surface area contributed by atoms with E-state index in [-0.39, 0.29) is 6.04 Å². The van der Waals surface area contributed by atoms with E-state index in [1.165, 1.54) is 24.0 Å². The van der Waals surface area contributed by atoms with Crippen LogP contribution in [0.4, 0.5) is 0 Å². The van der Waals surface area contributed by atoms with Gasteiger partial charge in [0.1, 0.15) is 0 Å². The highest BCUT2D eigenvalue weighted by atomic mass is 16.4. The Kier molecular flexibility index (Phi) is 2.67. The van der Waals surface area contributed by atoms with Crippen LogP contribution < -0.4 is 5.32 Å². The van der Waals surface area contributed by atoms with Crippen LogP contribution in [0.1, 0.15) is 42.0 Å². The van der Waals surface area contributed by atoms with E-state index < -0.39 is 11.4 Å². The summed E-state index contributed by atoms with van der Waals surface area (Å²) < 4.78 is 0. The van der Waals surface area contributed by atoms with Crippen LogP contribution in [-0.4, -0.2) is 18.1 Å². The summed E-state index contributed by atoms with van der Waals surface area (Å²) in [6, 6.07) is 6.45. The lowest BCUT2D eigenvalue weighted by Gasteiger charge is -2.24. The number of carbonyl (C=O) groups is 1. The monoisotopic (exact) mass is 245 g/mol. The summed E-state index contributed by atoms with van der Waals surface area (Å²) in [5.74, 6) is -0.664. The zero-order valence-corrected chi connectivity index (χ0v) is 10.7. The van der Waals surface area contributed by atoms with Gasteiger partial charge < -0.3 is 10.4 Å². The summed E-state index contributed by atoms with van der Waals surface area (Å²) in [5, 5.41) is 12.6. The largest absolute Gasteiger partial charge is 0.481 e. The summed E-state index contributed by atoms with van der Waals surface area (Å²) in [5.41, 5.74) is 3.42. The van der Waals surface area contributed by atoms with Gasteiger partial charge >= 0.3 is 5.97 Å². The van der Waals surface area contributed by atoms with E-state index >= 15 is 0 Å². The van der Waals surface area contributed by atoms with Gasteiger partial charge in [0.15, 0.2) is 0 Å². The molecule has 0 heterocycles. The Morgan fingerprint density at radius 2 is 2.06 bits per heavy atom. The average molecular weight is 245 g/mol. The maximum Gasteiger partial charge on any atom is 0.311 e. The number of benzene rings is 1. The highest BCUT2D eigenvalue weighted by Gasteiger charge is 2.56. The lowest BCUT2D eigenvalue weighted by atomic mass is 9.88. The maximum atomic E-state index is 11.5. The van der Waals surface area contributed by atoms with Gasteiger partial charge in [0.2, 0.25) is 0 Å². The molecule has 0 aliphatic heterocycles. The molecular weight excluding hydrogens is 226 g/mol. The molecule has 1 unspecified atom stereocenters. The van der Waals surface area contributed by atoms with Gasteiger partial charge in [-0.3, -0.25) is 4.79 Å². The van der Waals surface area contributed by atoms with Crippen LogP contribution >= 0.6 is 0 Å². The molecule has 0 aromatic heterocycles. The lowest BCUT2D eigenvalue weighted by molar-refractivity contribution is -0.144. The molecule has 2 aliphatic rings. The van der Waals surface area contributed by atoms with E-state index in [0.29, 0.717) is 0 Å². The first-order chi connectivity index (χ1) is 8.67. The maximum absolute atomic E-state index is 11.5. The van der Waals surface area contributed by atoms with E-state index in [2.05, 4.69) is 23.5 Å². The summed E-state index contributed by atoms with van der Waals surface area (Å²) in [6.07, 6.45) is 5.10. The summed E-state index contributed by atoms with van der Waals surface area (Å²) in [7, 11) is 1.86. The van der Waals surface area contributed by atoms with E-state index in [1.807, 2.05) is 7.05 Å². The first kappa shape index (κ1) is 11.7. The Labute approximate surface area is 107 Å². The van der Waals surface area contributed by atoms with E-state index in [1.54, 1.807) is 0 Å². The molecule has 1 aromatic rings. The summed E-state index contributed by atoms with van der Waals surface area (Å²) >= 11 is 0. The topological polar surface area (TPSA) is 49.3 Å². The second-order valence-electron chi connectivity index (χ2n) is 5.56. The van der Waals surface area contributed by atoms with Crippen molar-refractivity contribution in [2.45, 2.75) is 38.1 Å². The Hall–Kier alpha value is -1.35. The predicted octanol–water partition coefficient (Wildman–Crippen LogP) is 2.30. The molecule has 2 N–H and O–H groups in total. The molecule has 1 saturated carbocycles. The van der Waals surface area contributed by atoms with Crippen molar-refractivity contribution in [3.63, 3.8) is 0 Å². The highest BCUT2D eigenvalue weighted by molar-refractivity contribution is 5.79. The number of fused-ring (bicyclic) bond motifs is 1. The van der Waals surface area contributed by atoms with Crippen molar-refractivity contribution in [3.8, 4) is 0 Å². The number of aliphatic carboxylic acids is 1. The second kappa shape index (κ2) is 4.09. The molecule has 1 aromatic carbocycles. The van der Waals surface area contributed by atoms with E-state index in [0.717, 1.165) is 24.8 Å². The third-order valence-corrected chi connectivity index (χ3v) is 4.51. The average Bonchev–Trinajstić information content (AvgIpc) is 3.02. The zero-order chi connectivity index (χ0) is 12.8. The summed E-state index contributed by atoms with van der Waals surface area (Å²) in [6.45, 7) is 0. The molecule has 3 heteroatoms. The van der Waals surface area contributed by atoms with Crippen molar-refractivity contribution in [3.05, 3.63) is 34.9 Å². The predicted molar refractivity (Wildman–Crippen MR) is 69.6 cm³/mol. The van der Waals surface area contributed by atoms with Gasteiger partial charge in [0.05, 0.1) is 5.41 Å². The highest BCUT2D eigenvalue weighted by Crippen LogP contribution is 2.55. The molecule has 0 saturated heterocycles. The minimum atomic E-state index is -0.664. The Morgan fingerprint density at radius 1 is 1.33 bits per heavy atom. The van der Waals surface area contributed by atoms with Crippen LogP contribution in [0.25, 0.3) is 0 Å². The van der Waals surface area contributed by atoms with Gasteiger partial charge in [-0.05, 0) is 55.8 Å². The standard InChI is InChI=1S/C15H19NO2/c1-16-13(15(7-8-15)14(17)18)12-6-5-10-3-2-4-11(10)9-12/h5-6,9,13,16H,2-4,7-8H2,1H3,(H,17,18). The summed E-state index contributed by atoms with van der Waals surface area (Å²) in [4.78, 5) is 11.5. The van der Waals surface area contributed by atoms with Gasteiger partial charge in [-0.2, -0.15) is 0 Å². The van der Waals surface area contributed by atoms with Crippen molar-refractivity contribution < 1.29 is 9.90 Å². The Morgan fingerprint density at radius 3 is 2.67 bits per heavy atom. The van der Waals surface area contributed by atoms with Crippen LogP contribution in [0, 0.1) is 5.41 Å². The lowest BCUT2D eigenvalue weighted by Crippen LogP contribution is -2.32. The molecule has 1 fully saturated rings. The number of carboxylic acids is 1. The molecule has 0 spiro atoms. The Balaban J connectivity index is 1.95. The van der Waals surface area contributed by atoms with Crippen LogP contribution in [0.15, 0.2) is 18.2 Å². The quantitative estimate of drug-likeness (QED) is 0.855. The third kappa shape index (κ3) is 1.65. The number of carboxylic acid groups (broad SMARTS) is 1. The first-order valence-corrected chi connectivity index (χ1v) is 6.70. The van der Waals surface area contributed by atoms with Crippen molar-refractivity contribution >= 4 is 5.97 Å². The molecule has 0 amide bonds. The molecule has 3 rings (SSSR count). The van der Waals surface area contributed by atoms with E-state index in [9.17, 15) is 9.90 Å². The number of hydrogen-bond donors (Lipinski definition) is 2. The van der Waals surface area contributed by atoms with Crippen LogP contribution in [-0.2, 0) is 17.6 Å². The van der Waals surface area contributed by atoms with Crippen LogP contribution in [0.2, 0.25) is 0 Å². The number of aryl methyl sites for hydroxylation is 2. The fourth-order valence-corrected chi connectivity index (χ4v) is 3.29. The fraction of sp³-hybridized carbons (Fsp3) is 0.533. The molecule has 18 heavy (non-hydrogen) atoms. The van der Waals surface area contributed by atoms with Gasteiger partial charge in [-0.25, -0.2) is 0 Å². The molecular formula is C15H19NO2. The van der Waals surface area contributed by atoms with E-state index in [4.69, 9.17) is 0 Å². The molecule has 0 radical (unpaired) electrons. The van der Waals surface area contributed by atoms with Crippen molar-refractivity contribution in [2.75, 3.05) is 7.05 Å². The molecule has 2 aliphatic carbocycles. The Bertz CT molecular complexity index is 491. The van der Waals surface area contributed by atoms with Crippen molar-refractivity contribution in [2.24, 2.45) is 5.41 Å². The first-order valence-electron chi connectivity index (χ1n) is 6.70. The van der Waals surface area contributed by atoms with Crippen LogP contribution in [0.5, 0.6) is 0 Å². The van der Waals surface area contributed by atoms with Gasteiger partial charge in [-0.1, -0.05) is 18.2 Å². The van der Waals surface area contributed by atoms with Gasteiger partial charge in [-0.15, -0.1) is 0 Å². The second-order valence-corrected chi connectivity index (χ2v) is 5.56. The molecule has 0 bridgehead atoms. The third-order valence-electron chi connectivity index (χ3n) is 4.51. The van der Waals surface area contributed by atoms with Crippen molar-refractivity contribution in [1.82, 2.24) is 5.32 Å². The van der Waals surface area contributed by atoms with Crippen LogP contribution in [0.3, 0.4) is 0 Å². The number of rotatable bonds is 4. The minimum absolute atomic E-state index is 0.0547.